The highest BCUT2D eigenvalue weighted by Crippen LogP contribution is 2.33. The molecule has 1 amide bonds. The number of alkyl halides is 3. The van der Waals surface area contributed by atoms with Crippen molar-refractivity contribution >= 4 is 11.6 Å². The number of benzene rings is 1. The summed E-state index contributed by atoms with van der Waals surface area (Å²) in [6.45, 7) is 4.35. The topological polar surface area (TPSA) is 77.0 Å². The van der Waals surface area contributed by atoms with E-state index in [1.807, 2.05) is 13.8 Å². The van der Waals surface area contributed by atoms with Gasteiger partial charge in [0.15, 0.2) is 0 Å². The molecule has 0 aliphatic carbocycles. The van der Waals surface area contributed by atoms with Crippen LogP contribution in [0.2, 0.25) is 0 Å². The number of anilines is 1. The van der Waals surface area contributed by atoms with E-state index in [1.165, 1.54) is 24.7 Å². The second-order valence-corrected chi connectivity index (χ2v) is 8.53. The molecule has 1 N–H and O–H groups in total. The molecule has 3 aromatic rings. The van der Waals surface area contributed by atoms with Crippen molar-refractivity contribution in [2.75, 3.05) is 11.9 Å². The van der Waals surface area contributed by atoms with Crippen LogP contribution in [0.5, 0.6) is 0 Å². The minimum Gasteiger partial charge on any atom is -0.375 e. The van der Waals surface area contributed by atoms with E-state index in [-0.39, 0.29) is 53.6 Å². The maximum atomic E-state index is 14.6. The third-order valence-corrected chi connectivity index (χ3v) is 5.43. The Balaban J connectivity index is 1.91. The van der Waals surface area contributed by atoms with Crippen molar-refractivity contribution in [3.8, 4) is 11.1 Å². The lowest BCUT2D eigenvalue weighted by Gasteiger charge is -2.17. The zero-order valence-corrected chi connectivity index (χ0v) is 19.9. The third-order valence-electron chi connectivity index (χ3n) is 5.43. The van der Waals surface area contributed by atoms with E-state index in [9.17, 15) is 26.7 Å². The molecule has 0 aliphatic heterocycles. The molecule has 0 saturated heterocycles. The molecular weight excluding hydrogens is 483 g/mol. The Bertz CT molecular complexity index is 1200. The highest BCUT2D eigenvalue weighted by Gasteiger charge is 2.35. The number of rotatable bonds is 9. The Morgan fingerprint density at radius 1 is 1.03 bits per heavy atom. The first-order valence-corrected chi connectivity index (χ1v) is 11.2. The minimum absolute atomic E-state index is 0.0313. The summed E-state index contributed by atoms with van der Waals surface area (Å²) in [5.41, 5.74) is 0.260. The average Bonchev–Trinajstić information content (AvgIpc) is 2.83. The molecule has 0 saturated carbocycles. The molecule has 0 bridgehead atoms. The van der Waals surface area contributed by atoms with Crippen LogP contribution in [0, 0.1) is 17.6 Å². The molecule has 0 unspecified atom stereocenters. The first-order chi connectivity index (χ1) is 17.0. The van der Waals surface area contributed by atoms with Crippen molar-refractivity contribution in [2.24, 2.45) is 5.92 Å². The van der Waals surface area contributed by atoms with Crippen LogP contribution in [-0.4, -0.2) is 33.6 Å². The van der Waals surface area contributed by atoms with Gasteiger partial charge in [-0.2, -0.15) is 13.2 Å². The van der Waals surface area contributed by atoms with Gasteiger partial charge in [-0.3, -0.25) is 9.78 Å². The van der Waals surface area contributed by atoms with E-state index in [0.717, 1.165) is 25.1 Å². The normalized spacial score (nSPS) is 12.6. The molecule has 0 aliphatic rings. The van der Waals surface area contributed by atoms with E-state index in [0.29, 0.717) is 5.82 Å². The highest BCUT2D eigenvalue weighted by atomic mass is 19.4. The van der Waals surface area contributed by atoms with Gasteiger partial charge >= 0.3 is 6.18 Å². The Morgan fingerprint density at radius 3 is 2.36 bits per heavy atom. The molecule has 36 heavy (non-hydrogen) atoms. The largest absolute Gasteiger partial charge is 0.391 e. The zero-order chi connectivity index (χ0) is 26.5. The molecule has 192 valence electrons. The number of pyridine rings is 1. The lowest BCUT2D eigenvalue weighted by Crippen LogP contribution is -2.21. The van der Waals surface area contributed by atoms with E-state index in [4.69, 9.17) is 4.74 Å². The standard InChI is InChI=1S/C25H25F5N4O2/c1-14(2)23-32-11-16(12-33-23)24(35)34-22-18(19-10-17(26)4-5-20(19)27)6-8-31-21(22)13-36-9-7-15(3)25(28,29)30/h4-6,8,10-12,14-15H,7,9,13H2,1-3H3,(H,34,35)/t15-/m0/s1. The minimum atomic E-state index is -4.34. The van der Waals surface area contributed by atoms with Crippen LogP contribution in [0.4, 0.5) is 27.6 Å². The van der Waals surface area contributed by atoms with Crippen LogP contribution in [0.1, 0.15) is 55.0 Å². The number of carbonyl (C=O) groups is 1. The summed E-state index contributed by atoms with van der Waals surface area (Å²) in [6.07, 6.45) is -0.630. The van der Waals surface area contributed by atoms with Crippen LogP contribution in [0.25, 0.3) is 11.1 Å². The van der Waals surface area contributed by atoms with Gasteiger partial charge in [-0.15, -0.1) is 0 Å². The fourth-order valence-electron chi connectivity index (χ4n) is 3.21. The molecule has 0 radical (unpaired) electrons. The van der Waals surface area contributed by atoms with Crippen molar-refractivity contribution in [1.29, 1.82) is 0 Å². The van der Waals surface area contributed by atoms with E-state index in [1.54, 1.807) is 0 Å². The van der Waals surface area contributed by atoms with Gasteiger partial charge < -0.3 is 10.1 Å². The Morgan fingerprint density at radius 2 is 1.72 bits per heavy atom. The molecule has 2 aromatic heterocycles. The Hall–Kier alpha value is -3.47. The van der Waals surface area contributed by atoms with Gasteiger partial charge in [0, 0.05) is 42.2 Å². The number of aromatic nitrogens is 3. The number of nitrogens with one attached hydrogen (secondary N) is 1. The van der Waals surface area contributed by atoms with Crippen molar-refractivity contribution in [3.05, 3.63) is 71.6 Å². The molecule has 0 spiro atoms. The van der Waals surface area contributed by atoms with E-state index in [2.05, 4.69) is 20.3 Å². The first-order valence-electron chi connectivity index (χ1n) is 11.2. The monoisotopic (exact) mass is 508 g/mol. The summed E-state index contributed by atoms with van der Waals surface area (Å²) < 4.78 is 72.2. The summed E-state index contributed by atoms with van der Waals surface area (Å²) in [6, 6.07) is 4.26. The molecule has 11 heteroatoms. The number of hydrogen-bond donors (Lipinski definition) is 1. The molecule has 3 rings (SSSR count). The quantitative estimate of drug-likeness (QED) is 0.271. The summed E-state index contributed by atoms with van der Waals surface area (Å²) >= 11 is 0. The number of nitrogens with zero attached hydrogens (tertiary/aromatic N) is 3. The predicted octanol–water partition coefficient (Wildman–Crippen LogP) is 6.30. The van der Waals surface area contributed by atoms with E-state index >= 15 is 0 Å². The molecule has 6 nitrogen and oxygen atoms in total. The lowest BCUT2D eigenvalue weighted by molar-refractivity contribution is -0.174. The summed E-state index contributed by atoms with van der Waals surface area (Å²) in [7, 11) is 0. The maximum Gasteiger partial charge on any atom is 0.391 e. The molecule has 0 fully saturated rings. The van der Waals surface area contributed by atoms with Crippen LogP contribution in [0.15, 0.2) is 42.9 Å². The van der Waals surface area contributed by atoms with Gasteiger partial charge in [-0.1, -0.05) is 20.8 Å². The van der Waals surface area contributed by atoms with Crippen LogP contribution < -0.4 is 5.32 Å². The van der Waals surface area contributed by atoms with E-state index < -0.39 is 29.6 Å². The maximum absolute atomic E-state index is 14.6. The molecular formula is C25H25F5N4O2. The van der Waals surface area contributed by atoms with Gasteiger partial charge in [-0.25, -0.2) is 18.7 Å². The van der Waals surface area contributed by atoms with Crippen molar-refractivity contribution in [3.63, 3.8) is 0 Å². The lowest BCUT2D eigenvalue weighted by atomic mass is 10.0. The van der Waals surface area contributed by atoms with Crippen LogP contribution in [-0.2, 0) is 11.3 Å². The number of halogens is 5. The van der Waals surface area contributed by atoms with Crippen molar-refractivity contribution < 1.29 is 31.5 Å². The van der Waals surface area contributed by atoms with Gasteiger partial charge in [0.05, 0.1) is 29.5 Å². The summed E-state index contributed by atoms with van der Waals surface area (Å²) in [5, 5.41) is 2.63. The zero-order valence-electron chi connectivity index (χ0n) is 19.9. The number of ether oxygens (including phenoxy) is 1. The van der Waals surface area contributed by atoms with Gasteiger partial charge in [0.1, 0.15) is 17.5 Å². The number of hydrogen-bond acceptors (Lipinski definition) is 5. The molecule has 1 aromatic carbocycles. The summed E-state index contributed by atoms with van der Waals surface area (Å²) in [5.74, 6) is -3.05. The van der Waals surface area contributed by atoms with Gasteiger partial charge in [0.2, 0.25) is 0 Å². The predicted molar refractivity (Wildman–Crippen MR) is 123 cm³/mol. The second kappa shape index (κ2) is 11.5. The first kappa shape index (κ1) is 27.1. The van der Waals surface area contributed by atoms with Crippen molar-refractivity contribution in [1.82, 2.24) is 15.0 Å². The summed E-state index contributed by atoms with van der Waals surface area (Å²) in [4.78, 5) is 25.4. The number of amides is 1. The fraction of sp³-hybridized carbons (Fsp3) is 0.360. The smallest absolute Gasteiger partial charge is 0.375 e. The van der Waals surface area contributed by atoms with Crippen molar-refractivity contribution in [2.45, 2.75) is 45.9 Å². The average molecular weight is 508 g/mol. The molecule has 2 heterocycles. The molecule has 1 atom stereocenters. The van der Waals surface area contributed by atoms with Gasteiger partial charge in [0.25, 0.3) is 5.91 Å². The Kier molecular flexibility index (Phi) is 8.67. The second-order valence-electron chi connectivity index (χ2n) is 8.53. The third kappa shape index (κ3) is 6.81. The SMILES string of the molecule is CC(C)c1ncc(C(=O)Nc2c(-c3cc(F)ccc3F)ccnc2COCC[C@H](C)C(F)(F)F)cn1. The number of carbonyl (C=O) groups excluding carboxylic acids is 1. The van der Waals surface area contributed by atoms with Crippen LogP contribution in [0.3, 0.4) is 0 Å². The van der Waals surface area contributed by atoms with Crippen LogP contribution >= 0.6 is 0 Å². The highest BCUT2D eigenvalue weighted by molar-refractivity contribution is 6.06. The van der Waals surface area contributed by atoms with Gasteiger partial charge in [-0.05, 0) is 30.7 Å². The Labute approximate surface area is 205 Å². The fourth-order valence-corrected chi connectivity index (χ4v) is 3.21.